The number of phenolic OH excluding ortho intramolecular Hbond substituents is 4. The first-order chi connectivity index (χ1) is 8.09. The number of hydrogen-bond acceptors (Lipinski definition) is 4. The van der Waals surface area contributed by atoms with Gasteiger partial charge in [0, 0.05) is 11.5 Å². The molecule has 86 valence electrons. The van der Waals surface area contributed by atoms with Gasteiger partial charge >= 0.3 is 0 Å². The van der Waals surface area contributed by atoms with Crippen LogP contribution in [0.3, 0.4) is 0 Å². The third-order valence-electron chi connectivity index (χ3n) is 2.83. The van der Waals surface area contributed by atoms with Gasteiger partial charge in [-0.3, -0.25) is 0 Å². The number of aromatic hydroxyl groups is 4. The number of para-hydroxylation sites is 1. The number of rotatable bonds is 0. The maximum atomic E-state index is 9.81. The van der Waals surface area contributed by atoms with Crippen LogP contribution in [0, 0.1) is 0 Å². The van der Waals surface area contributed by atoms with E-state index in [0.717, 1.165) is 0 Å². The molecule has 0 aliphatic rings. The van der Waals surface area contributed by atoms with Gasteiger partial charge < -0.3 is 25.4 Å². The van der Waals surface area contributed by atoms with Gasteiger partial charge in [-0.2, -0.15) is 0 Å². The second-order valence-electron chi connectivity index (χ2n) is 3.84. The lowest BCUT2D eigenvalue weighted by atomic mass is 10.1. The molecule has 0 bridgehead atoms. The van der Waals surface area contributed by atoms with E-state index < -0.39 is 17.2 Å². The molecule has 0 spiro atoms. The molecule has 0 aliphatic heterocycles. The zero-order chi connectivity index (χ0) is 12.2. The number of nitrogens with one attached hydrogen (secondary N) is 1. The van der Waals surface area contributed by atoms with E-state index >= 15 is 0 Å². The first-order valence-electron chi connectivity index (χ1n) is 4.97. The summed E-state index contributed by atoms with van der Waals surface area (Å²) in [6, 6.07) is 6.14. The summed E-state index contributed by atoms with van der Waals surface area (Å²) in [6.45, 7) is 0. The summed E-state index contributed by atoms with van der Waals surface area (Å²) in [5.41, 5.74) is 0.886. The van der Waals surface area contributed by atoms with Crippen molar-refractivity contribution in [2.75, 3.05) is 0 Å². The fraction of sp³-hybridized carbons (Fsp3) is 0. The van der Waals surface area contributed by atoms with Gasteiger partial charge in [-0.15, -0.1) is 0 Å². The van der Waals surface area contributed by atoms with Crippen LogP contribution in [0.5, 0.6) is 23.0 Å². The molecular formula is C12H9NO4. The van der Waals surface area contributed by atoms with Crippen molar-refractivity contribution in [3.8, 4) is 23.0 Å². The fourth-order valence-electron chi connectivity index (χ4n) is 2.03. The van der Waals surface area contributed by atoms with E-state index in [9.17, 15) is 20.4 Å². The van der Waals surface area contributed by atoms with E-state index in [2.05, 4.69) is 4.98 Å². The molecule has 0 unspecified atom stereocenters. The molecule has 5 N–H and O–H groups in total. The lowest BCUT2D eigenvalue weighted by Gasteiger charge is -2.02. The number of fused-ring (bicyclic) bond motifs is 3. The molecule has 5 heteroatoms. The van der Waals surface area contributed by atoms with Crippen LogP contribution in [-0.2, 0) is 0 Å². The minimum atomic E-state index is -0.568. The summed E-state index contributed by atoms with van der Waals surface area (Å²) >= 11 is 0. The number of phenols is 4. The Bertz CT molecular complexity index is 745. The highest BCUT2D eigenvalue weighted by atomic mass is 16.3. The second-order valence-corrected chi connectivity index (χ2v) is 3.84. The zero-order valence-corrected chi connectivity index (χ0v) is 8.60. The van der Waals surface area contributed by atoms with Gasteiger partial charge in [-0.05, 0) is 6.07 Å². The predicted molar refractivity (Wildman–Crippen MR) is 62.5 cm³/mol. The Morgan fingerprint density at radius 3 is 2.41 bits per heavy atom. The van der Waals surface area contributed by atoms with Crippen molar-refractivity contribution in [3.63, 3.8) is 0 Å². The zero-order valence-electron chi connectivity index (χ0n) is 8.60. The molecule has 0 aliphatic carbocycles. The average Bonchev–Trinajstić information content (AvgIpc) is 2.66. The first kappa shape index (κ1) is 9.65. The van der Waals surface area contributed by atoms with Crippen molar-refractivity contribution < 1.29 is 20.4 Å². The van der Waals surface area contributed by atoms with Crippen LogP contribution in [0.15, 0.2) is 24.3 Å². The molecule has 3 rings (SSSR count). The average molecular weight is 231 g/mol. The first-order valence-corrected chi connectivity index (χ1v) is 4.97. The second kappa shape index (κ2) is 2.98. The molecule has 0 atom stereocenters. The molecular weight excluding hydrogens is 222 g/mol. The topological polar surface area (TPSA) is 96.7 Å². The van der Waals surface area contributed by atoms with Crippen molar-refractivity contribution in [1.29, 1.82) is 0 Å². The minimum Gasteiger partial charge on any atom is -0.506 e. The Balaban J connectivity index is 2.62. The van der Waals surface area contributed by atoms with E-state index in [1.54, 1.807) is 12.1 Å². The lowest BCUT2D eigenvalue weighted by Crippen LogP contribution is -1.74. The summed E-state index contributed by atoms with van der Waals surface area (Å²) < 4.78 is 0. The molecule has 3 aromatic rings. The van der Waals surface area contributed by atoms with Gasteiger partial charge in [0.2, 0.25) is 5.75 Å². The molecule has 1 aromatic heterocycles. The third-order valence-corrected chi connectivity index (χ3v) is 2.83. The maximum Gasteiger partial charge on any atom is 0.201 e. The van der Waals surface area contributed by atoms with Crippen LogP contribution in [0.25, 0.3) is 21.8 Å². The van der Waals surface area contributed by atoms with Crippen LogP contribution >= 0.6 is 0 Å². The number of aromatic amines is 1. The van der Waals surface area contributed by atoms with Gasteiger partial charge in [-0.25, -0.2) is 0 Å². The number of aromatic nitrogens is 1. The Labute approximate surface area is 95.2 Å². The van der Waals surface area contributed by atoms with E-state index in [-0.39, 0.29) is 5.75 Å². The van der Waals surface area contributed by atoms with Crippen molar-refractivity contribution in [2.24, 2.45) is 0 Å². The van der Waals surface area contributed by atoms with Crippen molar-refractivity contribution in [2.45, 2.75) is 0 Å². The highest BCUT2D eigenvalue weighted by Gasteiger charge is 2.16. The monoisotopic (exact) mass is 231 g/mol. The largest absolute Gasteiger partial charge is 0.506 e. The van der Waals surface area contributed by atoms with E-state index in [1.165, 1.54) is 12.1 Å². The number of hydrogen-bond donors (Lipinski definition) is 5. The molecule has 1 heterocycles. The van der Waals surface area contributed by atoms with Gasteiger partial charge in [0.1, 0.15) is 5.75 Å². The van der Waals surface area contributed by atoms with Crippen LogP contribution in [-0.4, -0.2) is 25.4 Å². The highest BCUT2D eigenvalue weighted by molar-refractivity contribution is 6.13. The predicted octanol–water partition coefficient (Wildman–Crippen LogP) is 2.14. The van der Waals surface area contributed by atoms with E-state index in [0.29, 0.717) is 21.8 Å². The molecule has 0 saturated carbocycles. The Kier molecular flexibility index (Phi) is 1.69. The molecule has 0 radical (unpaired) electrons. The number of benzene rings is 2. The molecule has 2 aromatic carbocycles. The molecule has 0 fully saturated rings. The molecule has 17 heavy (non-hydrogen) atoms. The van der Waals surface area contributed by atoms with Gasteiger partial charge in [-0.1, -0.05) is 12.1 Å². The third kappa shape index (κ3) is 1.13. The summed E-state index contributed by atoms with van der Waals surface area (Å²) in [5.74, 6) is -1.35. The van der Waals surface area contributed by atoms with Crippen LogP contribution in [0.2, 0.25) is 0 Å². The lowest BCUT2D eigenvalue weighted by molar-refractivity contribution is 0.371. The Hall–Kier alpha value is -2.56. The molecule has 0 amide bonds. The smallest absolute Gasteiger partial charge is 0.201 e. The van der Waals surface area contributed by atoms with Crippen LogP contribution in [0.4, 0.5) is 0 Å². The standard InChI is InChI=1S/C12H9NO4/c14-7-3-1-2-5-9-6(13-10(5)7)4-8(15)11(16)12(9)17/h1-4,13-17H. The van der Waals surface area contributed by atoms with Crippen LogP contribution in [0.1, 0.15) is 0 Å². The van der Waals surface area contributed by atoms with Gasteiger partial charge in [0.05, 0.1) is 16.4 Å². The maximum absolute atomic E-state index is 9.81. The quantitative estimate of drug-likeness (QED) is 0.383. The fourth-order valence-corrected chi connectivity index (χ4v) is 2.03. The Morgan fingerprint density at radius 1 is 0.882 bits per heavy atom. The van der Waals surface area contributed by atoms with E-state index in [4.69, 9.17) is 0 Å². The minimum absolute atomic E-state index is 0.0390. The summed E-state index contributed by atoms with van der Waals surface area (Å²) in [6.07, 6.45) is 0. The summed E-state index contributed by atoms with van der Waals surface area (Å²) in [4.78, 5) is 2.87. The highest BCUT2D eigenvalue weighted by Crippen LogP contribution is 2.45. The summed E-state index contributed by atoms with van der Waals surface area (Å²) in [7, 11) is 0. The van der Waals surface area contributed by atoms with Crippen molar-refractivity contribution in [3.05, 3.63) is 24.3 Å². The SMILES string of the molecule is Oc1cc2[nH]c3c(O)cccc3c2c(O)c1O. The van der Waals surface area contributed by atoms with E-state index in [1.807, 2.05) is 0 Å². The Morgan fingerprint density at radius 2 is 1.65 bits per heavy atom. The van der Waals surface area contributed by atoms with Gasteiger partial charge in [0.15, 0.2) is 11.5 Å². The summed E-state index contributed by atoms with van der Waals surface area (Å²) in [5, 5.41) is 39.3. The van der Waals surface area contributed by atoms with Crippen LogP contribution < -0.4 is 0 Å². The molecule has 5 nitrogen and oxygen atoms in total. The van der Waals surface area contributed by atoms with Crippen molar-refractivity contribution >= 4 is 21.8 Å². The van der Waals surface area contributed by atoms with Crippen molar-refractivity contribution in [1.82, 2.24) is 4.98 Å². The molecule has 0 saturated heterocycles. The number of H-pyrrole nitrogens is 1. The normalized spacial score (nSPS) is 11.3. The van der Waals surface area contributed by atoms with Gasteiger partial charge in [0.25, 0.3) is 0 Å².